The molecule has 0 bridgehead atoms. The van der Waals surface area contributed by atoms with Gasteiger partial charge in [-0.1, -0.05) is 13.0 Å². The first kappa shape index (κ1) is 21.7. The third-order valence-corrected chi connectivity index (χ3v) is 4.68. The van der Waals surface area contributed by atoms with Gasteiger partial charge in [-0.05, 0) is 48.9 Å². The lowest BCUT2D eigenvalue weighted by Gasteiger charge is -2.14. The van der Waals surface area contributed by atoms with Gasteiger partial charge in [0.15, 0.2) is 11.5 Å². The molecule has 7 nitrogen and oxygen atoms in total. The van der Waals surface area contributed by atoms with Crippen molar-refractivity contribution in [2.24, 2.45) is 0 Å². The van der Waals surface area contributed by atoms with Gasteiger partial charge < -0.3 is 14.2 Å². The van der Waals surface area contributed by atoms with E-state index in [9.17, 15) is 23.2 Å². The second-order valence-corrected chi connectivity index (χ2v) is 6.76. The van der Waals surface area contributed by atoms with Crippen molar-refractivity contribution >= 4 is 35.0 Å². The van der Waals surface area contributed by atoms with Crippen LogP contribution in [0.2, 0.25) is 0 Å². The van der Waals surface area contributed by atoms with Crippen LogP contribution in [-0.2, 0) is 14.3 Å². The van der Waals surface area contributed by atoms with E-state index >= 15 is 0 Å². The van der Waals surface area contributed by atoms with Gasteiger partial charge in [-0.3, -0.25) is 19.3 Å². The van der Waals surface area contributed by atoms with Gasteiger partial charge in [-0.15, -0.1) is 0 Å². The van der Waals surface area contributed by atoms with E-state index in [4.69, 9.17) is 9.47 Å². The molecule has 0 spiro atoms. The van der Waals surface area contributed by atoms with E-state index in [2.05, 4.69) is 4.74 Å². The van der Waals surface area contributed by atoms with Crippen molar-refractivity contribution in [3.8, 4) is 11.5 Å². The molecule has 1 fully saturated rings. The molecule has 1 aliphatic rings. The van der Waals surface area contributed by atoms with Crippen LogP contribution in [0.5, 0.6) is 11.5 Å². The number of hydrogen-bond acceptors (Lipinski definition) is 7. The average Bonchev–Trinajstić information content (AvgIpc) is 2.89. The van der Waals surface area contributed by atoms with E-state index < -0.39 is 30.3 Å². The van der Waals surface area contributed by atoms with E-state index in [1.807, 2.05) is 6.92 Å². The Bertz CT molecular complexity index is 798. The van der Waals surface area contributed by atoms with Crippen LogP contribution in [0.1, 0.15) is 25.8 Å². The van der Waals surface area contributed by atoms with Crippen LogP contribution in [0.15, 0.2) is 23.1 Å². The third-order valence-electron chi connectivity index (χ3n) is 3.77. The number of benzene rings is 1. The first-order valence-electron chi connectivity index (χ1n) is 8.32. The molecule has 0 aliphatic carbocycles. The zero-order valence-electron chi connectivity index (χ0n) is 15.4. The molecule has 2 amide bonds. The monoisotopic (exact) mass is 415 g/mol. The second-order valence-electron chi connectivity index (χ2n) is 5.77. The maximum Gasteiger partial charge on any atom is 0.387 e. The minimum Gasteiger partial charge on any atom is -0.493 e. The van der Waals surface area contributed by atoms with E-state index in [-0.39, 0.29) is 22.5 Å². The number of thioether (sulfide) groups is 1. The highest BCUT2D eigenvalue weighted by Crippen LogP contribution is 2.34. The number of amides is 2. The highest BCUT2D eigenvalue weighted by Gasteiger charge is 2.36. The van der Waals surface area contributed by atoms with Crippen LogP contribution in [0.25, 0.3) is 6.08 Å². The molecule has 28 heavy (non-hydrogen) atoms. The fraction of sp³-hybridized carbons (Fsp3) is 0.389. The smallest absolute Gasteiger partial charge is 0.387 e. The number of carbonyl (C=O) groups excluding carboxylic acids is 3. The van der Waals surface area contributed by atoms with Gasteiger partial charge in [-0.2, -0.15) is 8.78 Å². The first-order valence-corrected chi connectivity index (χ1v) is 9.14. The number of methoxy groups -OCH3 is 1. The Morgan fingerprint density at radius 2 is 2.00 bits per heavy atom. The fourth-order valence-corrected chi connectivity index (χ4v) is 3.07. The Kier molecular flexibility index (Phi) is 7.38. The molecule has 1 heterocycles. The number of nitrogens with zero attached hydrogens (tertiary/aromatic N) is 1. The summed E-state index contributed by atoms with van der Waals surface area (Å²) in [6.07, 6.45) is 1.70. The van der Waals surface area contributed by atoms with Crippen LogP contribution in [0, 0.1) is 0 Å². The van der Waals surface area contributed by atoms with Crippen molar-refractivity contribution in [2.75, 3.05) is 13.7 Å². The van der Waals surface area contributed by atoms with E-state index in [0.717, 1.165) is 4.90 Å². The normalized spacial score (nSPS) is 16.6. The van der Waals surface area contributed by atoms with Crippen LogP contribution in [-0.4, -0.2) is 48.4 Å². The number of rotatable bonds is 8. The number of imide groups is 1. The second kappa shape index (κ2) is 9.54. The van der Waals surface area contributed by atoms with Crippen molar-refractivity contribution in [1.82, 2.24) is 4.90 Å². The molecule has 2 rings (SSSR count). The topological polar surface area (TPSA) is 82.1 Å². The number of esters is 1. The highest BCUT2D eigenvalue weighted by molar-refractivity contribution is 8.18. The van der Waals surface area contributed by atoms with E-state index in [1.54, 1.807) is 6.92 Å². The molecule has 10 heteroatoms. The van der Waals surface area contributed by atoms with Crippen LogP contribution >= 0.6 is 11.8 Å². The van der Waals surface area contributed by atoms with E-state index in [1.165, 1.54) is 31.4 Å². The van der Waals surface area contributed by atoms with Gasteiger partial charge in [0.05, 0.1) is 18.1 Å². The summed E-state index contributed by atoms with van der Waals surface area (Å²) in [4.78, 5) is 37.2. The van der Waals surface area contributed by atoms with Crippen LogP contribution in [0.3, 0.4) is 0 Å². The molecule has 1 atom stereocenters. The third kappa shape index (κ3) is 5.44. The summed E-state index contributed by atoms with van der Waals surface area (Å²) >= 11 is 0.670. The molecule has 0 aromatic heterocycles. The van der Waals surface area contributed by atoms with Crippen molar-refractivity contribution in [3.05, 3.63) is 28.7 Å². The van der Waals surface area contributed by atoms with Gasteiger partial charge in [-0.25, -0.2) is 0 Å². The number of ether oxygens (including phenoxy) is 3. The summed E-state index contributed by atoms with van der Waals surface area (Å²) < 4.78 is 39.2. The van der Waals surface area contributed by atoms with Crippen molar-refractivity contribution in [3.63, 3.8) is 0 Å². The Morgan fingerprint density at radius 1 is 1.29 bits per heavy atom. The summed E-state index contributed by atoms with van der Waals surface area (Å²) in [5.41, 5.74) is 0.436. The van der Waals surface area contributed by atoms with Crippen molar-refractivity contribution in [2.45, 2.75) is 33.0 Å². The molecular formula is C18H19F2NO6S. The van der Waals surface area contributed by atoms with Crippen molar-refractivity contribution < 1.29 is 37.4 Å². The molecule has 1 aromatic carbocycles. The maximum absolute atomic E-state index is 12.4. The van der Waals surface area contributed by atoms with Crippen LogP contribution in [0.4, 0.5) is 13.6 Å². The minimum atomic E-state index is -3.01. The number of alkyl halides is 2. The Balaban J connectivity index is 2.15. The predicted octanol–water partition coefficient (Wildman–Crippen LogP) is 3.67. The predicted molar refractivity (Wildman–Crippen MR) is 98.1 cm³/mol. The summed E-state index contributed by atoms with van der Waals surface area (Å²) in [5.74, 6) is -1.42. The summed E-state index contributed by atoms with van der Waals surface area (Å²) in [6, 6.07) is 4.10. The molecule has 1 aliphatic heterocycles. The Labute approximate surface area is 164 Å². The zero-order chi connectivity index (χ0) is 20.8. The average molecular weight is 415 g/mol. The lowest BCUT2D eigenvalue weighted by Crippen LogP contribution is -2.35. The molecular weight excluding hydrogens is 396 g/mol. The molecule has 1 saturated heterocycles. The maximum atomic E-state index is 12.4. The summed E-state index contributed by atoms with van der Waals surface area (Å²) in [7, 11) is 1.29. The van der Waals surface area contributed by atoms with Gasteiger partial charge >= 0.3 is 12.6 Å². The standard InChI is InChI=1S/C18H19F2NO6S/c1-4-10(2)26-15(22)9-21-16(23)14(28-18(21)24)8-11-5-6-12(27-17(19)20)13(7-11)25-3/h5-8,10,17H,4,9H2,1-3H3/b14-8-/t10-/m0/s1. The Hall–Kier alpha value is -2.62. The van der Waals surface area contributed by atoms with Gasteiger partial charge in [0.1, 0.15) is 6.54 Å². The lowest BCUT2D eigenvalue weighted by atomic mass is 10.2. The number of halogens is 2. The molecule has 1 aromatic rings. The molecule has 0 N–H and O–H groups in total. The SMILES string of the molecule is CC[C@H](C)OC(=O)CN1C(=O)S/C(=C\c2ccc(OC(F)F)c(OC)c2)C1=O. The molecule has 152 valence electrons. The first-order chi connectivity index (χ1) is 13.2. The Morgan fingerprint density at radius 3 is 2.61 bits per heavy atom. The van der Waals surface area contributed by atoms with Gasteiger partial charge in [0, 0.05) is 0 Å². The quantitative estimate of drug-likeness (QED) is 0.473. The zero-order valence-corrected chi connectivity index (χ0v) is 16.3. The fourth-order valence-electron chi connectivity index (χ4n) is 2.23. The van der Waals surface area contributed by atoms with E-state index in [0.29, 0.717) is 23.7 Å². The summed E-state index contributed by atoms with van der Waals surface area (Å²) in [6.45, 7) is 0.0654. The highest BCUT2D eigenvalue weighted by atomic mass is 32.2. The molecule has 0 saturated carbocycles. The lowest BCUT2D eigenvalue weighted by molar-refractivity contribution is -0.150. The summed E-state index contributed by atoms with van der Waals surface area (Å²) in [5, 5.41) is -0.595. The largest absolute Gasteiger partial charge is 0.493 e. The minimum absolute atomic E-state index is 0.0467. The van der Waals surface area contributed by atoms with Crippen molar-refractivity contribution in [1.29, 1.82) is 0 Å². The van der Waals surface area contributed by atoms with Crippen LogP contribution < -0.4 is 9.47 Å². The number of carbonyl (C=O) groups is 3. The number of hydrogen-bond donors (Lipinski definition) is 0. The van der Waals surface area contributed by atoms with Gasteiger partial charge in [0.2, 0.25) is 0 Å². The van der Waals surface area contributed by atoms with Gasteiger partial charge in [0.25, 0.3) is 11.1 Å². The molecule has 0 radical (unpaired) electrons. The molecule has 0 unspecified atom stereocenters.